The molecule has 1 aromatic carbocycles. The molecule has 154 valence electrons. The summed E-state index contributed by atoms with van der Waals surface area (Å²) in [7, 11) is 0. The molecule has 29 heavy (non-hydrogen) atoms. The number of alkyl halides is 3. The molecular weight excluding hydrogens is 399 g/mol. The molecule has 4 rings (SSSR count). The molecular formula is C21H22F3N3OS. The van der Waals surface area contributed by atoms with Crippen LogP contribution in [0.4, 0.5) is 13.2 Å². The quantitative estimate of drug-likeness (QED) is 0.538. The van der Waals surface area contributed by atoms with Crippen LogP contribution in [0.1, 0.15) is 59.5 Å². The highest BCUT2D eigenvalue weighted by Gasteiger charge is 2.31. The lowest BCUT2D eigenvalue weighted by Crippen LogP contribution is -2.33. The van der Waals surface area contributed by atoms with Crippen LogP contribution in [0.5, 0.6) is 0 Å². The molecule has 2 aromatic heterocycles. The van der Waals surface area contributed by atoms with E-state index in [1.807, 2.05) is 0 Å². The second-order valence-electron chi connectivity index (χ2n) is 7.54. The summed E-state index contributed by atoms with van der Waals surface area (Å²) >= 11 is 1.26. The topological polar surface area (TPSA) is 46.9 Å². The molecule has 1 amide bonds. The standard InChI is InChI=1S/C21H22F3N3OS/c1-13-17-12-18(19(28)25-15-8-4-2-3-5-9-15)29-20(17)27(26-13)16-10-6-7-14(11-16)21(22,23)24/h6-7,10-12,15H,2-5,8-9H2,1H3,(H,25,28). The van der Waals surface area contributed by atoms with E-state index in [-0.39, 0.29) is 11.9 Å². The number of rotatable bonds is 3. The van der Waals surface area contributed by atoms with Gasteiger partial charge in [-0.2, -0.15) is 18.3 Å². The van der Waals surface area contributed by atoms with Crippen LogP contribution in [0.2, 0.25) is 0 Å². The van der Waals surface area contributed by atoms with Crippen molar-refractivity contribution < 1.29 is 18.0 Å². The summed E-state index contributed by atoms with van der Waals surface area (Å²) in [6.45, 7) is 1.80. The van der Waals surface area contributed by atoms with Gasteiger partial charge in [-0.1, -0.05) is 31.7 Å². The SMILES string of the molecule is Cc1nn(-c2cccc(C(F)(F)F)c2)c2sc(C(=O)NC3CCCCCC3)cc12. The second-order valence-corrected chi connectivity index (χ2v) is 8.57. The van der Waals surface area contributed by atoms with Gasteiger partial charge in [0.25, 0.3) is 5.91 Å². The van der Waals surface area contributed by atoms with Crippen LogP contribution in [-0.2, 0) is 6.18 Å². The third kappa shape index (κ3) is 4.17. The third-order valence-electron chi connectivity index (χ3n) is 5.38. The summed E-state index contributed by atoms with van der Waals surface area (Å²) in [5.41, 5.74) is 0.289. The summed E-state index contributed by atoms with van der Waals surface area (Å²) in [5.74, 6) is -0.118. The van der Waals surface area contributed by atoms with Gasteiger partial charge in [0, 0.05) is 11.4 Å². The zero-order chi connectivity index (χ0) is 20.6. The van der Waals surface area contributed by atoms with Gasteiger partial charge in [0.2, 0.25) is 0 Å². The van der Waals surface area contributed by atoms with E-state index in [2.05, 4.69) is 10.4 Å². The highest BCUT2D eigenvalue weighted by atomic mass is 32.1. The number of benzene rings is 1. The summed E-state index contributed by atoms with van der Waals surface area (Å²) in [5, 5.41) is 8.32. The zero-order valence-electron chi connectivity index (χ0n) is 16.1. The number of carbonyl (C=O) groups excluding carboxylic acids is 1. The normalized spacial score (nSPS) is 16.1. The Kier molecular flexibility index (Phi) is 5.38. The largest absolute Gasteiger partial charge is 0.416 e. The molecule has 1 N–H and O–H groups in total. The van der Waals surface area contributed by atoms with E-state index in [1.165, 1.54) is 34.9 Å². The number of aryl methyl sites for hydroxylation is 1. The Morgan fingerprint density at radius 3 is 2.59 bits per heavy atom. The van der Waals surface area contributed by atoms with E-state index >= 15 is 0 Å². The monoisotopic (exact) mass is 421 g/mol. The Hall–Kier alpha value is -2.35. The van der Waals surface area contributed by atoms with Gasteiger partial charge >= 0.3 is 6.18 Å². The first-order chi connectivity index (χ1) is 13.8. The molecule has 0 aliphatic heterocycles. The van der Waals surface area contributed by atoms with E-state index in [0.717, 1.165) is 43.2 Å². The molecule has 0 radical (unpaired) electrons. The van der Waals surface area contributed by atoms with Gasteiger partial charge < -0.3 is 5.32 Å². The molecule has 1 aliphatic carbocycles. The molecule has 2 heterocycles. The minimum absolute atomic E-state index is 0.118. The number of carbonyl (C=O) groups is 1. The number of halogens is 3. The first kappa shape index (κ1) is 19.9. The summed E-state index contributed by atoms with van der Waals surface area (Å²) < 4.78 is 40.7. The molecule has 0 spiro atoms. The molecule has 4 nitrogen and oxygen atoms in total. The number of nitrogens with one attached hydrogen (secondary N) is 1. The number of nitrogens with zero attached hydrogens (tertiary/aromatic N) is 2. The maximum absolute atomic E-state index is 13.1. The van der Waals surface area contributed by atoms with Crippen LogP contribution in [0, 0.1) is 6.92 Å². The van der Waals surface area contributed by atoms with E-state index in [9.17, 15) is 18.0 Å². The van der Waals surface area contributed by atoms with Crippen molar-refractivity contribution in [3.05, 3.63) is 46.5 Å². The minimum Gasteiger partial charge on any atom is -0.349 e. The van der Waals surface area contributed by atoms with Gasteiger partial charge in [0.05, 0.1) is 21.8 Å². The van der Waals surface area contributed by atoms with Gasteiger partial charge in [0.15, 0.2) is 0 Å². The van der Waals surface area contributed by atoms with Gasteiger partial charge in [0.1, 0.15) is 4.83 Å². The average Bonchev–Trinajstić information content (AvgIpc) is 3.14. The number of hydrogen-bond acceptors (Lipinski definition) is 3. The lowest BCUT2D eigenvalue weighted by molar-refractivity contribution is -0.137. The lowest BCUT2D eigenvalue weighted by Gasteiger charge is -2.15. The number of thiophene rings is 1. The van der Waals surface area contributed by atoms with Crippen LogP contribution in [0.3, 0.4) is 0 Å². The molecule has 1 aliphatic rings. The maximum Gasteiger partial charge on any atom is 0.416 e. The number of fused-ring (bicyclic) bond motifs is 1. The zero-order valence-corrected chi connectivity index (χ0v) is 16.9. The Balaban J connectivity index is 1.64. The predicted molar refractivity (Wildman–Crippen MR) is 108 cm³/mol. The second kappa shape index (κ2) is 7.82. The van der Waals surface area contributed by atoms with Gasteiger partial charge in [-0.15, -0.1) is 11.3 Å². The van der Waals surface area contributed by atoms with Crippen LogP contribution in [0.25, 0.3) is 15.9 Å². The lowest BCUT2D eigenvalue weighted by atomic mass is 10.1. The summed E-state index contributed by atoms with van der Waals surface area (Å²) in [6, 6.07) is 7.06. The first-order valence-corrected chi connectivity index (χ1v) is 10.6. The highest BCUT2D eigenvalue weighted by molar-refractivity contribution is 7.20. The minimum atomic E-state index is -4.42. The molecule has 0 unspecified atom stereocenters. The van der Waals surface area contributed by atoms with Crippen molar-refractivity contribution in [2.45, 2.75) is 57.7 Å². The molecule has 0 bridgehead atoms. The third-order valence-corrected chi connectivity index (χ3v) is 6.49. The van der Waals surface area contributed by atoms with Gasteiger partial charge in [-0.25, -0.2) is 4.68 Å². The van der Waals surface area contributed by atoms with Gasteiger partial charge in [-0.05, 0) is 44.0 Å². The van der Waals surface area contributed by atoms with Crippen molar-refractivity contribution in [1.82, 2.24) is 15.1 Å². The number of amides is 1. The van der Waals surface area contributed by atoms with Crippen molar-refractivity contribution in [3.63, 3.8) is 0 Å². The fourth-order valence-corrected chi connectivity index (χ4v) is 4.91. The van der Waals surface area contributed by atoms with E-state index in [1.54, 1.807) is 19.1 Å². The molecule has 1 saturated carbocycles. The van der Waals surface area contributed by atoms with Crippen molar-refractivity contribution in [2.24, 2.45) is 0 Å². The summed E-state index contributed by atoms with van der Waals surface area (Å²) in [4.78, 5) is 14.0. The molecule has 3 aromatic rings. The van der Waals surface area contributed by atoms with E-state index < -0.39 is 11.7 Å². The average molecular weight is 421 g/mol. The summed E-state index contributed by atoms with van der Waals surface area (Å²) in [6.07, 6.45) is 2.24. The number of hydrogen-bond donors (Lipinski definition) is 1. The van der Waals surface area contributed by atoms with Crippen LogP contribution >= 0.6 is 11.3 Å². The Bertz CT molecular complexity index is 1030. The molecule has 0 atom stereocenters. The van der Waals surface area contributed by atoms with E-state index in [0.29, 0.717) is 21.1 Å². The van der Waals surface area contributed by atoms with Gasteiger partial charge in [-0.3, -0.25) is 4.79 Å². The van der Waals surface area contributed by atoms with Crippen LogP contribution < -0.4 is 5.32 Å². The first-order valence-electron chi connectivity index (χ1n) is 9.80. The van der Waals surface area contributed by atoms with Crippen molar-refractivity contribution in [2.75, 3.05) is 0 Å². The van der Waals surface area contributed by atoms with Crippen molar-refractivity contribution in [1.29, 1.82) is 0 Å². The maximum atomic E-state index is 13.1. The fourth-order valence-electron chi connectivity index (χ4n) is 3.83. The smallest absolute Gasteiger partial charge is 0.349 e. The Labute approximate surface area is 170 Å². The Morgan fingerprint density at radius 2 is 1.90 bits per heavy atom. The fraction of sp³-hybridized carbons (Fsp3) is 0.429. The molecule has 1 fully saturated rings. The highest BCUT2D eigenvalue weighted by Crippen LogP contribution is 2.34. The van der Waals surface area contributed by atoms with Crippen LogP contribution in [0.15, 0.2) is 30.3 Å². The number of aromatic nitrogens is 2. The molecule has 0 saturated heterocycles. The predicted octanol–water partition coefficient (Wildman–Crippen LogP) is 5.87. The van der Waals surface area contributed by atoms with E-state index in [4.69, 9.17) is 0 Å². The Morgan fingerprint density at radius 1 is 1.17 bits per heavy atom. The molecule has 8 heteroatoms. The van der Waals surface area contributed by atoms with Crippen LogP contribution in [-0.4, -0.2) is 21.7 Å². The van der Waals surface area contributed by atoms with Crippen molar-refractivity contribution >= 4 is 27.5 Å². The van der Waals surface area contributed by atoms with Crippen molar-refractivity contribution in [3.8, 4) is 5.69 Å².